The summed E-state index contributed by atoms with van der Waals surface area (Å²) in [4.78, 5) is 0. The van der Waals surface area contributed by atoms with Crippen LogP contribution < -0.4 is 5.43 Å². The Kier molecular flexibility index (Phi) is 2.22. The van der Waals surface area contributed by atoms with Gasteiger partial charge in [0.05, 0.1) is 0 Å². The van der Waals surface area contributed by atoms with Gasteiger partial charge in [-0.25, -0.2) is 0 Å². The number of nitrogens with zero attached hydrogens (tertiary/aromatic N) is 1. The van der Waals surface area contributed by atoms with Crippen LogP contribution in [0.5, 0.6) is 0 Å². The molecule has 0 saturated heterocycles. The molecule has 0 aliphatic heterocycles. The molecular formula is C9H16N2. The quantitative estimate of drug-likeness (QED) is 0.686. The molecule has 0 aliphatic rings. The molecule has 62 valence electrons. The number of rotatable bonds is 2. The molecule has 0 aliphatic carbocycles. The Bertz CT molecular complexity index is 194. The van der Waals surface area contributed by atoms with Crippen LogP contribution in [0.3, 0.4) is 0 Å². The van der Waals surface area contributed by atoms with Crippen molar-refractivity contribution in [3.8, 4) is 0 Å². The maximum atomic E-state index is 3.28. The van der Waals surface area contributed by atoms with Crippen molar-refractivity contribution < 1.29 is 0 Å². The minimum absolute atomic E-state index is 0.338. The zero-order chi connectivity index (χ0) is 8.32. The van der Waals surface area contributed by atoms with Crippen molar-refractivity contribution in [3.63, 3.8) is 0 Å². The molecule has 1 N–H and O–H groups in total. The van der Waals surface area contributed by atoms with E-state index >= 15 is 0 Å². The van der Waals surface area contributed by atoms with Gasteiger partial charge in [0.15, 0.2) is 0 Å². The first kappa shape index (κ1) is 8.18. The van der Waals surface area contributed by atoms with E-state index in [4.69, 9.17) is 0 Å². The molecule has 1 aromatic heterocycles. The van der Waals surface area contributed by atoms with Gasteiger partial charge in [-0.15, -0.1) is 0 Å². The van der Waals surface area contributed by atoms with Crippen LogP contribution in [0.4, 0.5) is 0 Å². The van der Waals surface area contributed by atoms with Gasteiger partial charge in [-0.3, -0.25) is 4.68 Å². The summed E-state index contributed by atoms with van der Waals surface area (Å²) in [6.07, 6.45) is 4.01. The second-order valence-corrected chi connectivity index (χ2v) is 3.99. The fraction of sp³-hybridized carbons (Fsp3) is 0.556. The van der Waals surface area contributed by atoms with Gasteiger partial charge in [0.2, 0.25) is 0 Å². The van der Waals surface area contributed by atoms with Crippen LogP contribution in [-0.2, 0) is 0 Å². The Hall–Kier alpha value is -0.920. The third kappa shape index (κ3) is 3.12. The van der Waals surface area contributed by atoms with Gasteiger partial charge in [-0.1, -0.05) is 20.8 Å². The first-order valence-electron chi connectivity index (χ1n) is 3.95. The maximum absolute atomic E-state index is 3.28. The summed E-state index contributed by atoms with van der Waals surface area (Å²) in [5.41, 5.74) is 3.62. The summed E-state index contributed by atoms with van der Waals surface area (Å²) in [7, 11) is 0. The Morgan fingerprint density at radius 2 is 1.73 bits per heavy atom. The summed E-state index contributed by atoms with van der Waals surface area (Å²) in [5.74, 6) is 0. The molecule has 1 heterocycles. The Morgan fingerprint density at radius 1 is 1.18 bits per heavy atom. The molecule has 0 unspecified atom stereocenters. The smallest absolute Gasteiger partial charge is 0.0362 e. The third-order valence-corrected chi connectivity index (χ3v) is 1.40. The van der Waals surface area contributed by atoms with E-state index in [-0.39, 0.29) is 0 Å². The van der Waals surface area contributed by atoms with E-state index in [0.717, 1.165) is 6.54 Å². The van der Waals surface area contributed by atoms with Crippen molar-refractivity contribution in [2.24, 2.45) is 5.41 Å². The normalized spacial score (nSPS) is 11.5. The number of hydrogen-bond donors (Lipinski definition) is 1. The average molecular weight is 152 g/mol. The molecular weight excluding hydrogens is 136 g/mol. The lowest BCUT2D eigenvalue weighted by Crippen LogP contribution is -2.25. The van der Waals surface area contributed by atoms with E-state index in [1.165, 1.54) is 0 Å². The van der Waals surface area contributed by atoms with Crippen molar-refractivity contribution in [2.45, 2.75) is 20.8 Å². The minimum atomic E-state index is 0.338. The topological polar surface area (TPSA) is 17.0 Å². The van der Waals surface area contributed by atoms with Gasteiger partial charge in [0.1, 0.15) is 0 Å². The standard InChI is InChI=1S/C9H16N2/c1-9(2,3)8-10-11-6-4-5-7-11/h4-7,10H,8H2,1-3H3. The van der Waals surface area contributed by atoms with Crippen LogP contribution in [0.2, 0.25) is 0 Å². The van der Waals surface area contributed by atoms with Crippen molar-refractivity contribution in [2.75, 3.05) is 12.0 Å². The Balaban J connectivity index is 2.35. The highest BCUT2D eigenvalue weighted by Crippen LogP contribution is 2.10. The summed E-state index contributed by atoms with van der Waals surface area (Å²) in [6.45, 7) is 7.62. The van der Waals surface area contributed by atoms with Gasteiger partial charge in [-0.2, -0.15) is 0 Å². The molecule has 0 atom stereocenters. The van der Waals surface area contributed by atoms with Gasteiger partial charge in [0.25, 0.3) is 0 Å². The van der Waals surface area contributed by atoms with Gasteiger partial charge >= 0.3 is 0 Å². The van der Waals surface area contributed by atoms with Crippen LogP contribution in [0.1, 0.15) is 20.8 Å². The summed E-state index contributed by atoms with van der Waals surface area (Å²) < 4.78 is 1.98. The van der Waals surface area contributed by atoms with Crippen LogP contribution in [0.15, 0.2) is 24.5 Å². The molecule has 2 heteroatoms. The fourth-order valence-electron chi connectivity index (χ4n) is 0.768. The molecule has 1 aromatic rings. The van der Waals surface area contributed by atoms with Gasteiger partial charge in [-0.05, 0) is 17.5 Å². The van der Waals surface area contributed by atoms with E-state index in [2.05, 4.69) is 26.2 Å². The zero-order valence-corrected chi connectivity index (χ0v) is 7.46. The summed E-state index contributed by atoms with van der Waals surface area (Å²) >= 11 is 0. The van der Waals surface area contributed by atoms with Crippen molar-refractivity contribution in [1.82, 2.24) is 4.68 Å². The average Bonchev–Trinajstić information content (AvgIpc) is 2.32. The van der Waals surface area contributed by atoms with E-state index in [0.29, 0.717) is 5.41 Å². The Morgan fingerprint density at radius 3 is 2.18 bits per heavy atom. The number of nitrogens with one attached hydrogen (secondary N) is 1. The van der Waals surface area contributed by atoms with Crippen LogP contribution in [0.25, 0.3) is 0 Å². The lowest BCUT2D eigenvalue weighted by Gasteiger charge is -2.19. The van der Waals surface area contributed by atoms with E-state index in [9.17, 15) is 0 Å². The van der Waals surface area contributed by atoms with Crippen molar-refractivity contribution >= 4 is 0 Å². The first-order chi connectivity index (χ1) is 5.08. The van der Waals surface area contributed by atoms with Gasteiger partial charge < -0.3 is 5.43 Å². The SMILES string of the molecule is CC(C)(C)CNn1cccc1. The van der Waals surface area contributed by atoms with Crippen LogP contribution in [0, 0.1) is 5.41 Å². The molecule has 0 aromatic carbocycles. The molecule has 0 amide bonds. The zero-order valence-electron chi connectivity index (χ0n) is 7.46. The van der Waals surface area contributed by atoms with E-state index in [1.807, 2.05) is 29.2 Å². The highest BCUT2D eigenvalue weighted by atomic mass is 15.4. The third-order valence-electron chi connectivity index (χ3n) is 1.40. The molecule has 0 spiro atoms. The minimum Gasteiger partial charge on any atom is -0.326 e. The summed E-state index contributed by atoms with van der Waals surface area (Å²) in [5, 5.41) is 0. The molecule has 11 heavy (non-hydrogen) atoms. The van der Waals surface area contributed by atoms with Crippen molar-refractivity contribution in [3.05, 3.63) is 24.5 Å². The molecule has 0 radical (unpaired) electrons. The summed E-state index contributed by atoms with van der Waals surface area (Å²) in [6, 6.07) is 4.02. The molecule has 2 nitrogen and oxygen atoms in total. The molecule has 0 fully saturated rings. The monoisotopic (exact) mass is 152 g/mol. The molecule has 0 bridgehead atoms. The van der Waals surface area contributed by atoms with Gasteiger partial charge in [0, 0.05) is 18.9 Å². The Labute approximate surface area is 68.2 Å². The van der Waals surface area contributed by atoms with E-state index in [1.54, 1.807) is 0 Å². The van der Waals surface area contributed by atoms with Crippen LogP contribution in [-0.4, -0.2) is 11.2 Å². The van der Waals surface area contributed by atoms with E-state index < -0.39 is 0 Å². The predicted octanol–water partition coefficient (Wildman–Crippen LogP) is 2.08. The van der Waals surface area contributed by atoms with Crippen molar-refractivity contribution in [1.29, 1.82) is 0 Å². The second-order valence-electron chi connectivity index (χ2n) is 3.99. The number of aromatic nitrogens is 1. The number of hydrogen-bond acceptors (Lipinski definition) is 1. The highest BCUT2D eigenvalue weighted by Gasteiger charge is 2.08. The maximum Gasteiger partial charge on any atom is 0.0362 e. The highest BCUT2D eigenvalue weighted by molar-refractivity contribution is 4.93. The first-order valence-corrected chi connectivity index (χ1v) is 3.95. The predicted molar refractivity (Wildman–Crippen MR) is 48.1 cm³/mol. The lowest BCUT2D eigenvalue weighted by atomic mass is 9.97. The second kappa shape index (κ2) is 2.99. The molecule has 0 saturated carbocycles. The lowest BCUT2D eigenvalue weighted by molar-refractivity contribution is 0.427. The molecule has 1 rings (SSSR count). The van der Waals surface area contributed by atoms with Crippen LogP contribution >= 0.6 is 0 Å². The fourth-order valence-corrected chi connectivity index (χ4v) is 0.768. The largest absolute Gasteiger partial charge is 0.326 e.